The Labute approximate surface area is 113 Å². The summed E-state index contributed by atoms with van der Waals surface area (Å²) in [6.07, 6.45) is 0. The van der Waals surface area contributed by atoms with Crippen LogP contribution in [0.25, 0.3) is 10.4 Å². The first-order chi connectivity index (χ1) is 7.49. The second-order valence-electron chi connectivity index (χ2n) is 3.25. The van der Waals surface area contributed by atoms with Crippen molar-refractivity contribution in [2.75, 3.05) is 0 Å². The third-order valence-corrected chi connectivity index (χ3v) is 3.88. The molecule has 83 valence electrons. The third kappa shape index (κ3) is 2.21. The summed E-state index contributed by atoms with van der Waals surface area (Å²) in [7, 11) is 0. The van der Waals surface area contributed by atoms with Crippen LogP contribution in [0.2, 0.25) is 15.1 Å². The molecule has 0 atom stereocenters. The summed E-state index contributed by atoms with van der Waals surface area (Å²) in [6, 6.07) is 3.33. The quantitative estimate of drug-likeness (QED) is 0.698. The lowest BCUT2D eigenvalue weighted by Crippen LogP contribution is -1.82. The molecule has 0 unspecified atom stereocenters. The average Bonchev–Trinajstić information content (AvgIpc) is 2.43. The van der Waals surface area contributed by atoms with E-state index in [1.807, 2.05) is 6.92 Å². The predicted molar refractivity (Wildman–Crippen MR) is 71.8 cm³/mol. The normalized spacial score (nSPS) is 10.8. The van der Waals surface area contributed by atoms with Gasteiger partial charge in [0.2, 0.25) is 0 Å². The van der Waals surface area contributed by atoms with Crippen LogP contribution in [-0.2, 0) is 0 Å². The lowest BCUT2D eigenvalue weighted by Gasteiger charge is -2.06. The second kappa shape index (κ2) is 4.53. The number of benzene rings is 1. The van der Waals surface area contributed by atoms with Crippen molar-refractivity contribution in [1.82, 2.24) is 4.98 Å². The zero-order valence-corrected chi connectivity index (χ0v) is 11.4. The van der Waals surface area contributed by atoms with Crippen molar-refractivity contribution in [1.29, 1.82) is 0 Å². The highest BCUT2D eigenvalue weighted by atomic mass is 35.5. The minimum Gasteiger partial charge on any atom is -0.246 e. The van der Waals surface area contributed by atoms with Crippen molar-refractivity contribution in [3.05, 3.63) is 44.8 Å². The van der Waals surface area contributed by atoms with Crippen LogP contribution in [0.1, 0.15) is 10.7 Å². The number of hydrogen-bond donors (Lipinski definition) is 0. The molecule has 1 heterocycles. The maximum atomic E-state index is 6.13. The SMILES string of the molecule is [CH2]c1nc(C)sc1-c1c(Cl)cc(Cl)cc1Cl. The van der Waals surface area contributed by atoms with Crippen molar-refractivity contribution in [3.63, 3.8) is 0 Å². The molecule has 0 amide bonds. The van der Waals surface area contributed by atoms with Crippen LogP contribution in [0, 0.1) is 13.8 Å². The van der Waals surface area contributed by atoms with E-state index in [4.69, 9.17) is 34.8 Å². The molecule has 0 N–H and O–H groups in total. The Kier molecular flexibility index (Phi) is 3.45. The summed E-state index contributed by atoms with van der Waals surface area (Å²) >= 11 is 19.6. The van der Waals surface area contributed by atoms with Crippen LogP contribution in [0.5, 0.6) is 0 Å². The summed E-state index contributed by atoms with van der Waals surface area (Å²) in [6.45, 7) is 5.79. The molecule has 0 fully saturated rings. The number of rotatable bonds is 1. The number of thiazole rings is 1. The largest absolute Gasteiger partial charge is 0.246 e. The van der Waals surface area contributed by atoms with E-state index in [1.165, 1.54) is 11.3 Å². The van der Waals surface area contributed by atoms with Crippen LogP contribution in [0.3, 0.4) is 0 Å². The summed E-state index contributed by atoms with van der Waals surface area (Å²) in [4.78, 5) is 5.14. The highest BCUT2D eigenvalue weighted by molar-refractivity contribution is 7.15. The Bertz CT molecular complexity index is 525. The highest BCUT2D eigenvalue weighted by Crippen LogP contribution is 2.41. The summed E-state index contributed by atoms with van der Waals surface area (Å²) in [5.74, 6) is 0. The first kappa shape index (κ1) is 12.2. The minimum absolute atomic E-state index is 0.519. The number of aromatic nitrogens is 1. The van der Waals surface area contributed by atoms with Crippen LogP contribution in [0.15, 0.2) is 12.1 Å². The van der Waals surface area contributed by atoms with Gasteiger partial charge in [0.15, 0.2) is 0 Å². The first-order valence-corrected chi connectivity index (χ1v) is 6.38. The summed E-state index contributed by atoms with van der Waals surface area (Å²) < 4.78 is 0. The molecule has 0 saturated carbocycles. The number of hydrogen-bond acceptors (Lipinski definition) is 2. The summed E-state index contributed by atoms with van der Waals surface area (Å²) in [5.41, 5.74) is 1.44. The Morgan fingerprint density at radius 1 is 1.19 bits per heavy atom. The van der Waals surface area contributed by atoms with E-state index in [2.05, 4.69) is 11.9 Å². The lowest BCUT2D eigenvalue weighted by atomic mass is 10.1. The van der Waals surface area contributed by atoms with Gasteiger partial charge in [0, 0.05) is 10.6 Å². The average molecular weight is 292 g/mol. The molecule has 0 aliphatic heterocycles. The fraction of sp³-hybridized carbons (Fsp3) is 0.0909. The third-order valence-electron chi connectivity index (χ3n) is 2.04. The van der Waals surface area contributed by atoms with Gasteiger partial charge in [0.05, 0.1) is 25.6 Å². The van der Waals surface area contributed by atoms with E-state index in [1.54, 1.807) is 12.1 Å². The minimum atomic E-state index is 0.519. The maximum Gasteiger partial charge on any atom is 0.0903 e. The molecule has 0 spiro atoms. The van der Waals surface area contributed by atoms with Gasteiger partial charge in [0.1, 0.15) is 0 Å². The lowest BCUT2D eigenvalue weighted by molar-refractivity contribution is 1.25. The van der Waals surface area contributed by atoms with Crippen molar-refractivity contribution < 1.29 is 0 Å². The molecule has 5 heteroatoms. The molecule has 0 saturated heterocycles. The van der Waals surface area contributed by atoms with E-state index < -0.39 is 0 Å². The molecule has 1 radical (unpaired) electrons. The van der Waals surface area contributed by atoms with Crippen LogP contribution >= 0.6 is 46.1 Å². The Morgan fingerprint density at radius 3 is 2.19 bits per heavy atom. The smallest absolute Gasteiger partial charge is 0.0903 e. The molecule has 2 rings (SSSR count). The van der Waals surface area contributed by atoms with Gasteiger partial charge in [-0.1, -0.05) is 34.8 Å². The van der Waals surface area contributed by atoms with E-state index >= 15 is 0 Å². The van der Waals surface area contributed by atoms with Crippen LogP contribution in [0.4, 0.5) is 0 Å². The van der Waals surface area contributed by atoms with Gasteiger partial charge in [-0.25, -0.2) is 4.98 Å². The van der Waals surface area contributed by atoms with Gasteiger partial charge in [-0.15, -0.1) is 11.3 Å². The molecule has 2 aromatic rings. The molecule has 0 aliphatic carbocycles. The molecule has 16 heavy (non-hydrogen) atoms. The van der Waals surface area contributed by atoms with Gasteiger partial charge >= 0.3 is 0 Å². The maximum absolute atomic E-state index is 6.13. The fourth-order valence-electron chi connectivity index (χ4n) is 1.42. The molecule has 1 aromatic carbocycles. The van der Waals surface area contributed by atoms with Crippen molar-refractivity contribution in [2.24, 2.45) is 0 Å². The van der Waals surface area contributed by atoms with Crippen molar-refractivity contribution in [2.45, 2.75) is 6.92 Å². The first-order valence-electron chi connectivity index (χ1n) is 4.43. The van der Waals surface area contributed by atoms with Crippen LogP contribution < -0.4 is 0 Å². The highest BCUT2D eigenvalue weighted by Gasteiger charge is 2.15. The van der Waals surface area contributed by atoms with E-state index in [0.717, 1.165) is 15.4 Å². The molecular weight excluding hydrogens is 285 g/mol. The monoisotopic (exact) mass is 290 g/mol. The molecular formula is C11H7Cl3NS. The van der Waals surface area contributed by atoms with Crippen molar-refractivity contribution in [3.8, 4) is 10.4 Å². The van der Waals surface area contributed by atoms with Gasteiger partial charge in [-0.05, 0) is 26.0 Å². The van der Waals surface area contributed by atoms with Crippen molar-refractivity contribution >= 4 is 46.1 Å². The van der Waals surface area contributed by atoms with E-state index in [-0.39, 0.29) is 0 Å². The zero-order valence-electron chi connectivity index (χ0n) is 8.35. The molecule has 1 nitrogen and oxygen atoms in total. The standard InChI is InChI=1S/C11H7Cl3NS/c1-5-11(16-6(2)15-5)10-8(13)3-7(12)4-9(10)14/h3-4H,1H2,2H3. The molecule has 1 aromatic heterocycles. The zero-order chi connectivity index (χ0) is 11.9. The Balaban J connectivity index is 2.69. The second-order valence-corrected chi connectivity index (χ2v) is 5.71. The van der Waals surface area contributed by atoms with E-state index in [0.29, 0.717) is 20.8 Å². The van der Waals surface area contributed by atoms with Gasteiger partial charge < -0.3 is 0 Å². The number of halogens is 3. The van der Waals surface area contributed by atoms with E-state index in [9.17, 15) is 0 Å². The molecule has 0 bridgehead atoms. The Morgan fingerprint density at radius 2 is 1.75 bits per heavy atom. The fourth-order valence-corrected chi connectivity index (χ4v) is 3.48. The van der Waals surface area contributed by atoms with Gasteiger partial charge in [0.25, 0.3) is 0 Å². The predicted octanol–water partition coefficient (Wildman–Crippen LogP) is 5.26. The number of aryl methyl sites for hydroxylation is 1. The van der Waals surface area contributed by atoms with Gasteiger partial charge in [-0.3, -0.25) is 0 Å². The molecule has 0 aliphatic rings. The van der Waals surface area contributed by atoms with Crippen LogP contribution in [-0.4, -0.2) is 4.98 Å². The van der Waals surface area contributed by atoms with Gasteiger partial charge in [-0.2, -0.15) is 0 Å². The topological polar surface area (TPSA) is 12.9 Å². The Hall–Kier alpha value is -0.280. The summed E-state index contributed by atoms with van der Waals surface area (Å²) in [5, 5.41) is 2.49. The number of nitrogens with zero attached hydrogens (tertiary/aromatic N) is 1.